The first-order valence-electron chi connectivity index (χ1n) is 9.76. The average molecular weight is 448 g/mol. The Bertz CT molecular complexity index is 1310. The molecule has 0 saturated heterocycles. The van der Waals surface area contributed by atoms with Gasteiger partial charge in [0.15, 0.2) is 5.82 Å². The molecule has 3 aromatic carbocycles. The monoisotopic (exact) mass is 447 g/mol. The molecule has 1 aromatic heterocycles. The van der Waals surface area contributed by atoms with Crippen LogP contribution in [0.25, 0.3) is 11.4 Å². The van der Waals surface area contributed by atoms with Gasteiger partial charge in [0.2, 0.25) is 16.0 Å². The third-order valence-electron chi connectivity index (χ3n) is 4.36. The van der Waals surface area contributed by atoms with Crippen molar-refractivity contribution in [2.24, 2.45) is 0 Å². The van der Waals surface area contributed by atoms with Crippen molar-refractivity contribution in [1.82, 2.24) is 15.0 Å². The number of ether oxygens (including phenoxy) is 1. The molecular formula is C23H21N5O3S. The van der Waals surface area contributed by atoms with Crippen LogP contribution in [0, 0.1) is 0 Å². The summed E-state index contributed by atoms with van der Waals surface area (Å²) in [5, 5.41) is 3.08. The van der Waals surface area contributed by atoms with Crippen molar-refractivity contribution < 1.29 is 13.2 Å². The SMILES string of the molecule is CS(=O)(=O)Nc1cccc(Nc2ncnc(-c3ccccc3OCc3ccccc3)n2)c1. The molecule has 1 heterocycles. The summed E-state index contributed by atoms with van der Waals surface area (Å²) in [5.41, 5.74) is 2.86. The fraction of sp³-hybridized carbons (Fsp3) is 0.0870. The number of benzene rings is 3. The normalized spacial score (nSPS) is 11.0. The molecule has 0 bridgehead atoms. The Labute approximate surface area is 186 Å². The highest BCUT2D eigenvalue weighted by molar-refractivity contribution is 7.92. The van der Waals surface area contributed by atoms with E-state index in [9.17, 15) is 8.42 Å². The van der Waals surface area contributed by atoms with Crippen LogP contribution in [0.3, 0.4) is 0 Å². The second-order valence-electron chi connectivity index (χ2n) is 6.98. The number of aromatic nitrogens is 3. The zero-order valence-electron chi connectivity index (χ0n) is 17.3. The summed E-state index contributed by atoms with van der Waals surface area (Å²) in [6.45, 7) is 0.425. The van der Waals surface area contributed by atoms with E-state index < -0.39 is 10.0 Å². The molecule has 0 saturated carbocycles. The van der Waals surface area contributed by atoms with Gasteiger partial charge in [0.25, 0.3) is 0 Å². The summed E-state index contributed by atoms with van der Waals surface area (Å²) in [6.07, 6.45) is 2.51. The number of nitrogens with one attached hydrogen (secondary N) is 2. The van der Waals surface area contributed by atoms with Crippen LogP contribution < -0.4 is 14.8 Å². The Morgan fingerprint density at radius 1 is 0.875 bits per heavy atom. The van der Waals surface area contributed by atoms with Gasteiger partial charge in [0, 0.05) is 5.69 Å². The highest BCUT2D eigenvalue weighted by atomic mass is 32.2. The van der Waals surface area contributed by atoms with Crippen LogP contribution in [-0.4, -0.2) is 29.6 Å². The highest BCUT2D eigenvalue weighted by Crippen LogP contribution is 2.28. The average Bonchev–Trinajstić information content (AvgIpc) is 2.78. The van der Waals surface area contributed by atoms with Crippen LogP contribution in [0.2, 0.25) is 0 Å². The standard InChI is InChI=1S/C23H21N5O3S/c1-32(29,30)28-19-11-7-10-18(14-19)26-23-25-16-24-22(27-23)20-12-5-6-13-21(20)31-15-17-8-3-2-4-9-17/h2-14,16,28H,15H2,1H3,(H,24,25,26,27). The minimum Gasteiger partial charge on any atom is -0.488 e. The molecule has 4 rings (SSSR count). The molecule has 4 aromatic rings. The van der Waals surface area contributed by atoms with Gasteiger partial charge in [0.1, 0.15) is 18.7 Å². The topological polar surface area (TPSA) is 106 Å². The van der Waals surface area contributed by atoms with Gasteiger partial charge in [-0.05, 0) is 35.9 Å². The van der Waals surface area contributed by atoms with Gasteiger partial charge in [-0.1, -0.05) is 48.5 Å². The summed E-state index contributed by atoms with van der Waals surface area (Å²) >= 11 is 0. The van der Waals surface area contributed by atoms with Crippen molar-refractivity contribution in [2.75, 3.05) is 16.3 Å². The van der Waals surface area contributed by atoms with Crippen molar-refractivity contribution in [3.63, 3.8) is 0 Å². The van der Waals surface area contributed by atoms with E-state index in [-0.39, 0.29) is 0 Å². The maximum atomic E-state index is 11.5. The van der Waals surface area contributed by atoms with E-state index in [1.165, 1.54) is 6.33 Å². The molecule has 0 atom stereocenters. The zero-order chi connectivity index (χ0) is 22.4. The van der Waals surface area contributed by atoms with Crippen molar-refractivity contribution in [1.29, 1.82) is 0 Å². The van der Waals surface area contributed by atoms with Crippen LogP contribution in [0.4, 0.5) is 17.3 Å². The Hall–Kier alpha value is -3.98. The van der Waals surface area contributed by atoms with Crippen LogP contribution in [0.1, 0.15) is 5.56 Å². The van der Waals surface area contributed by atoms with E-state index in [4.69, 9.17) is 4.74 Å². The van der Waals surface area contributed by atoms with E-state index in [2.05, 4.69) is 25.0 Å². The Morgan fingerprint density at radius 2 is 1.62 bits per heavy atom. The summed E-state index contributed by atoms with van der Waals surface area (Å²) in [5.74, 6) is 1.44. The summed E-state index contributed by atoms with van der Waals surface area (Å²) in [6, 6.07) is 24.3. The largest absolute Gasteiger partial charge is 0.488 e. The van der Waals surface area contributed by atoms with E-state index >= 15 is 0 Å². The minimum absolute atomic E-state index is 0.323. The first-order chi connectivity index (χ1) is 15.5. The lowest BCUT2D eigenvalue weighted by molar-refractivity contribution is 0.307. The lowest BCUT2D eigenvalue weighted by Crippen LogP contribution is -2.09. The zero-order valence-corrected chi connectivity index (χ0v) is 18.1. The predicted octanol–water partition coefficient (Wildman–Crippen LogP) is 4.23. The summed E-state index contributed by atoms with van der Waals surface area (Å²) in [4.78, 5) is 13.0. The van der Waals surface area contributed by atoms with Gasteiger partial charge in [-0.3, -0.25) is 4.72 Å². The molecule has 0 aliphatic rings. The first-order valence-corrected chi connectivity index (χ1v) is 11.7. The van der Waals surface area contributed by atoms with Crippen LogP contribution in [-0.2, 0) is 16.6 Å². The lowest BCUT2D eigenvalue weighted by Gasteiger charge is -2.12. The third kappa shape index (κ3) is 5.79. The molecule has 2 N–H and O–H groups in total. The number of para-hydroxylation sites is 1. The molecule has 162 valence electrons. The van der Waals surface area contributed by atoms with Crippen molar-refractivity contribution >= 4 is 27.3 Å². The fourth-order valence-electron chi connectivity index (χ4n) is 3.00. The maximum absolute atomic E-state index is 11.5. The number of rotatable bonds is 8. The van der Waals surface area contributed by atoms with Gasteiger partial charge < -0.3 is 10.1 Å². The van der Waals surface area contributed by atoms with E-state index in [0.717, 1.165) is 17.4 Å². The fourth-order valence-corrected chi connectivity index (χ4v) is 3.56. The lowest BCUT2D eigenvalue weighted by atomic mass is 10.2. The molecule has 0 aliphatic carbocycles. The molecule has 0 fully saturated rings. The van der Waals surface area contributed by atoms with Gasteiger partial charge >= 0.3 is 0 Å². The highest BCUT2D eigenvalue weighted by Gasteiger charge is 2.11. The molecule has 32 heavy (non-hydrogen) atoms. The van der Waals surface area contributed by atoms with Crippen molar-refractivity contribution in [3.05, 3.63) is 90.8 Å². The Kier molecular flexibility index (Phi) is 6.27. The van der Waals surface area contributed by atoms with Gasteiger partial charge in [-0.15, -0.1) is 0 Å². The molecule has 0 aliphatic heterocycles. The van der Waals surface area contributed by atoms with Crippen LogP contribution in [0.5, 0.6) is 5.75 Å². The second kappa shape index (κ2) is 9.44. The van der Waals surface area contributed by atoms with E-state index in [0.29, 0.717) is 35.5 Å². The molecular weight excluding hydrogens is 426 g/mol. The number of sulfonamides is 1. The number of hydrogen-bond acceptors (Lipinski definition) is 7. The van der Waals surface area contributed by atoms with Gasteiger partial charge in [-0.2, -0.15) is 4.98 Å². The molecule has 0 radical (unpaired) electrons. The number of nitrogens with zero attached hydrogens (tertiary/aromatic N) is 3. The summed E-state index contributed by atoms with van der Waals surface area (Å²) < 4.78 is 31.4. The second-order valence-corrected chi connectivity index (χ2v) is 8.73. The van der Waals surface area contributed by atoms with Gasteiger partial charge in [-0.25, -0.2) is 18.4 Å². The number of anilines is 3. The van der Waals surface area contributed by atoms with E-state index in [1.807, 2.05) is 54.6 Å². The number of hydrogen-bond donors (Lipinski definition) is 2. The van der Waals surface area contributed by atoms with Crippen molar-refractivity contribution in [2.45, 2.75) is 6.61 Å². The maximum Gasteiger partial charge on any atom is 0.230 e. The van der Waals surface area contributed by atoms with Gasteiger partial charge in [0.05, 0.1) is 17.5 Å². The smallest absolute Gasteiger partial charge is 0.230 e. The Balaban J connectivity index is 1.54. The van der Waals surface area contributed by atoms with Crippen LogP contribution in [0.15, 0.2) is 85.2 Å². The first kappa shape index (κ1) is 21.3. The van der Waals surface area contributed by atoms with E-state index in [1.54, 1.807) is 24.3 Å². The molecule has 9 heteroatoms. The van der Waals surface area contributed by atoms with Crippen molar-refractivity contribution in [3.8, 4) is 17.1 Å². The molecule has 0 amide bonds. The minimum atomic E-state index is -3.37. The quantitative estimate of drug-likeness (QED) is 0.416. The Morgan fingerprint density at radius 3 is 2.44 bits per heavy atom. The molecule has 0 spiro atoms. The molecule has 0 unspecified atom stereocenters. The third-order valence-corrected chi connectivity index (χ3v) is 4.97. The van der Waals surface area contributed by atoms with Crippen LogP contribution >= 0.6 is 0 Å². The summed E-state index contributed by atoms with van der Waals surface area (Å²) in [7, 11) is -3.37. The predicted molar refractivity (Wildman–Crippen MR) is 124 cm³/mol. The molecule has 8 nitrogen and oxygen atoms in total.